The lowest BCUT2D eigenvalue weighted by molar-refractivity contribution is -0.240. The molecule has 0 bridgehead atoms. The first kappa shape index (κ1) is 9.39. The van der Waals surface area contributed by atoms with Crippen LogP contribution in [0.25, 0.3) is 0 Å². The van der Waals surface area contributed by atoms with E-state index in [1.54, 1.807) is 33.1 Å². The molecule has 0 fully saturated rings. The smallest absolute Gasteiger partial charge is 0.326 e. The van der Waals surface area contributed by atoms with E-state index in [2.05, 4.69) is 0 Å². The van der Waals surface area contributed by atoms with Crippen LogP contribution in [-0.4, -0.2) is 37.3 Å². The SMILES string of the molecule is CCC(=O)ON(C)N(C)C. The highest BCUT2D eigenvalue weighted by molar-refractivity contribution is 5.68. The number of carbonyl (C=O) groups excluding carboxylic acids is 1. The van der Waals surface area contributed by atoms with Crippen molar-refractivity contribution in [2.75, 3.05) is 21.1 Å². The number of rotatable bonds is 3. The van der Waals surface area contributed by atoms with Crippen LogP contribution in [0.5, 0.6) is 0 Å². The van der Waals surface area contributed by atoms with Crippen LogP contribution in [0.2, 0.25) is 0 Å². The highest BCUT2D eigenvalue weighted by atomic mass is 16.7. The standard InChI is InChI=1S/C6H14N2O2/c1-5-6(9)10-8(4)7(2)3/h5H2,1-4H3. The predicted molar refractivity (Wildman–Crippen MR) is 37.8 cm³/mol. The molecule has 0 aromatic rings. The summed E-state index contributed by atoms with van der Waals surface area (Å²) < 4.78 is 0. The normalized spacial score (nSPS) is 10.6. The highest BCUT2D eigenvalue weighted by Gasteiger charge is 2.05. The molecule has 0 aliphatic carbocycles. The molecule has 0 amide bonds. The summed E-state index contributed by atoms with van der Waals surface area (Å²) in [6.45, 7) is 1.76. The molecule has 0 aromatic heterocycles. The molecule has 4 heteroatoms. The molecule has 0 radical (unpaired) electrons. The van der Waals surface area contributed by atoms with Gasteiger partial charge in [0.05, 0.1) is 0 Å². The van der Waals surface area contributed by atoms with Crippen molar-refractivity contribution in [1.29, 1.82) is 0 Å². The Balaban J connectivity index is 3.57. The van der Waals surface area contributed by atoms with Gasteiger partial charge in [0.1, 0.15) is 0 Å². The summed E-state index contributed by atoms with van der Waals surface area (Å²) in [5, 5.41) is 3.05. The van der Waals surface area contributed by atoms with Crippen molar-refractivity contribution in [2.45, 2.75) is 13.3 Å². The van der Waals surface area contributed by atoms with Crippen LogP contribution < -0.4 is 0 Å². The largest absolute Gasteiger partial charge is 0.353 e. The summed E-state index contributed by atoms with van der Waals surface area (Å²) in [6.07, 6.45) is 0.401. The second-order valence-electron chi connectivity index (χ2n) is 2.13. The zero-order valence-electron chi connectivity index (χ0n) is 6.92. The van der Waals surface area contributed by atoms with Gasteiger partial charge >= 0.3 is 5.97 Å². The van der Waals surface area contributed by atoms with Gasteiger partial charge < -0.3 is 4.84 Å². The van der Waals surface area contributed by atoms with E-state index in [4.69, 9.17) is 4.84 Å². The Kier molecular flexibility index (Phi) is 3.99. The third kappa shape index (κ3) is 3.42. The number of carbonyl (C=O) groups is 1. The molecule has 10 heavy (non-hydrogen) atoms. The second-order valence-corrected chi connectivity index (χ2v) is 2.13. The van der Waals surface area contributed by atoms with Crippen molar-refractivity contribution in [3.05, 3.63) is 0 Å². The molecule has 0 spiro atoms. The maximum absolute atomic E-state index is 10.6. The van der Waals surface area contributed by atoms with E-state index in [0.29, 0.717) is 6.42 Å². The lowest BCUT2D eigenvalue weighted by Crippen LogP contribution is -2.35. The highest BCUT2D eigenvalue weighted by Crippen LogP contribution is 1.90. The van der Waals surface area contributed by atoms with E-state index in [-0.39, 0.29) is 5.97 Å². The van der Waals surface area contributed by atoms with Crippen LogP contribution in [0.1, 0.15) is 13.3 Å². The molecule has 0 saturated carbocycles. The first-order valence-corrected chi connectivity index (χ1v) is 3.19. The minimum Gasteiger partial charge on any atom is -0.353 e. The lowest BCUT2D eigenvalue weighted by Gasteiger charge is -2.21. The van der Waals surface area contributed by atoms with Gasteiger partial charge in [-0.05, 0) is 0 Å². The van der Waals surface area contributed by atoms with Crippen molar-refractivity contribution in [1.82, 2.24) is 10.2 Å². The van der Waals surface area contributed by atoms with Gasteiger partial charge in [-0.2, -0.15) is 0 Å². The molecule has 60 valence electrons. The fraction of sp³-hybridized carbons (Fsp3) is 0.833. The van der Waals surface area contributed by atoms with Gasteiger partial charge in [-0.15, -0.1) is 0 Å². The molecule has 0 N–H and O–H groups in total. The monoisotopic (exact) mass is 146 g/mol. The molecule has 0 aliphatic rings. The third-order valence-electron chi connectivity index (χ3n) is 1.09. The molecule has 0 saturated heterocycles. The fourth-order valence-corrected chi connectivity index (χ4v) is 0.294. The summed E-state index contributed by atoms with van der Waals surface area (Å²) in [5.74, 6) is -0.226. The minimum absolute atomic E-state index is 0.226. The number of hydroxylamine groups is 1. The van der Waals surface area contributed by atoms with Crippen molar-refractivity contribution in [2.24, 2.45) is 0 Å². The Morgan fingerprint density at radius 1 is 1.40 bits per heavy atom. The summed E-state index contributed by atoms with van der Waals surface area (Å²) in [7, 11) is 5.26. The topological polar surface area (TPSA) is 32.8 Å². The second kappa shape index (κ2) is 4.24. The van der Waals surface area contributed by atoms with E-state index in [1.807, 2.05) is 0 Å². The van der Waals surface area contributed by atoms with Crippen molar-refractivity contribution < 1.29 is 9.63 Å². The summed E-state index contributed by atoms with van der Waals surface area (Å²) in [4.78, 5) is 15.4. The Labute approximate surface area is 61.3 Å². The molecular formula is C6H14N2O2. The lowest BCUT2D eigenvalue weighted by atomic mass is 10.5. The number of nitrogens with zero attached hydrogens (tertiary/aromatic N) is 2. The molecule has 4 nitrogen and oxygen atoms in total. The molecule has 0 atom stereocenters. The number of hydrazine groups is 1. The summed E-state index contributed by atoms with van der Waals surface area (Å²) in [5.41, 5.74) is 0. The van der Waals surface area contributed by atoms with Crippen molar-refractivity contribution in [3.63, 3.8) is 0 Å². The van der Waals surface area contributed by atoms with Gasteiger partial charge in [-0.3, -0.25) is 4.79 Å². The van der Waals surface area contributed by atoms with Crippen LogP contribution in [0.3, 0.4) is 0 Å². The Morgan fingerprint density at radius 3 is 2.20 bits per heavy atom. The van der Waals surface area contributed by atoms with Crippen LogP contribution in [0.4, 0.5) is 0 Å². The van der Waals surface area contributed by atoms with Crippen LogP contribution in [-0.2, 0) is 9.63 Å². The van der Waals surface area contributed by atoms with Crippen molar-refractivity contribution >= 4 is 5.97 Å². The maximum Gasteiger partial charge on any atom is 0.326 e. The zero-order chi connectivity index (χ0) is 8.15. The van der Waals surface area contributed by atoms with Gasteiger partial charge in [0.15, 0.2) is 0 Å². The molecular weight excluding hydrogens is 132 g/mol. The van der Waals surface area contributed by atoms with Crippen LogP contribution in [0.15, 0.2) is 0 Å². The summed E-state index contributed by atoms with van der Waals surface area (Å²) in [6, 6.07) is 0. The Bertz CT molecular complexity index is 114. The van der Waals surface area contributed by atoms with E-state index < -0.39 is 0 Å². The Morgan fingerprint density at radius 2 is 1.90 bits per heavy atom. The van der Waals surface area contributed by atoms with E-state index in [9.17, 15) is 4.79 Å². The number of hydrogen-bond donors (Lipinski definition) is 0. The molecule has 0 unspecified atom stereocenters. The average Bonchev–Trinajstić information content (AvgIpc) is 1.87. The molecule has 0 rings (SSSR count). The van der Waals surface area contributed by atoms with E-state index in [1.165, 1.54) is 5.17 Å². The quantitative estimate of drug-likeness (QED) is 0.535. The van der Waals surface area contributed by atoms with Gasteiger partial charge in [0.2, 0.25) is 0 Å². The first-order chi connectivity index (χ1) is 4.57. The fourth-order valence-electron chi connectivity index (χ4n) is 0.294. The molecule has 0 heterocycles. The third-order valence-corrected chi connectivity index (χ3v) is 1.09. The van der Waals surface area contributed by atoms with Crippen LogP contribution >= 0.6 is 0 Å². The van der Waals surface area contributed by atoms with E-state index >= 15 is 0 Å². The predicted octanol–water partition coefficient (Wildman–Crippen LogP) is 0.263. The Hall–Kier alpha value is -0.610. The summed E-state index contributed by atoms with van der Waals surface area (Å²) >= 11 is 0. The van der Waals surface area contributed by atoms with Gasteiger partial charge in [-0.1, -0.05) is 12.1 Å². The van der Waals surface area contributed by atoms with E-state index in [0.717, 1.165) is 0 Å². The first-order valence-electron chi connectivity index (χ1n) is 3.19. The van der Waals surface area contributed by atoms with Gasteiger partial charge in [0.25, 0.3) is 0 Å². The number of hydrogen-bond acceptors (Lipinski definition) is 4. The van der Waals surface area contributed by atoms with Crippen LogP contribution in [0, 0.1) is 0 Å². The molecule has 0 aliphatic heterocycles. The van der Waals surface area contributed by atoms with Crippen molar-refractivity contribution in [3.8, 4) is 0 Å². The minimum atomic E-state index is -0.226. The van der Waals surface area contributed by atoms with Gasteiger partial charge in [-0.25, -0.2) is 5.01 Å². The zero-order valence-corrected chi connectivity index (χ0v) is 6.92. The maximum atomic E-state index is 10.6. The average molecular weight is 146 g/mol. The molecule has 0 aromatic carbocycles. The van der Waals surface area contributed by atoms with Gasteiger partial charge in [0, 0.05) is 27.6 Å².